The molecule has 2 amide bonds. The van der Waals surface area contributed by atoms with Crippen molar-refractivity contribution in [2.75, 3.05) is 21.1 Å². The summed E-state index contributed by atoms with van der Waals surface area (Å²) < 4.78 is 5.40. The Kier molecular flexibility index (Phi) is 9.42. The molecule has 0 bridgehead atoms. The van der Waals surface area contributed by atoms with Crippen LogP contribution in [0.1, 0.15) is 68.5 Å². The Labute approximate surface area is 225 Å². The van der Waals surface area contributed by atoms with Crippen LogP contribution in [0.25, 0.3) is 0 Å². The molecular formula is C31H37N3O4. The summed E-state index contributed by atoms with van der Waals surface area (Å²) in [6.07, 6.45) is 0. The Morgan fingerprint density at radius 3 is 1.39 bits per heavy atom. The first-order valence-corrected chi connectivity index (χ1v) is 12.6. The summed E-state index contributed by atoms with van der Waals surface area (Å²) >= 11 is 0. The number of benzene rings is 3. The fourth-order valence-electron chi connectivity index (χ4n) is 3.94. The van der Waals surface area contributed by atoms with E-state index in [0.29, 0.717) is 29.8 Å². The lowest BCUT2D eigenvalue weighted by atomic mass is 10.1. The molecule has 0 saturated carbocycles. The quantitative estimate of drug-likeness (QED) is 0.410. The smallest absolute Gasteiger partial charge is 0.338 e. The first-order chi connectivity index (χ1) is 18.0. The number of amides is 2. The molecule has 0 atom stereocenters. The predicted octanol–water partition coefficient (Wildman–Crippen LogP) is 4.91. The van der Waals surface area contributed by atoms with Gasteiger partial charge in [0.15, 0.2) is 0 Å². The lowest BCUT2D eigenvalue weighted by Crippen LogP contribution is -2.27. The molecule has 0 unspecified atom stereocenters. The highest BCUT2D eigenvalue weighted by Gasteiger charge is 2.18. The summed E-state index contributed by atoms with van der Waals surface area (Å²) in [6, 6.07) is 22.0. The van der Waals surface area contributed by atoms with Gasteiger partial charge in [0.05, 0.1) is 5.56 Å². The number of ether oxygens (including phenoxy) is 1. The van der Waals surface area contributed by atoms with Gasteiger partial charge in [0.1, 0.15) is 5.60 Å². The second-order valence-electron chi connectivity index (χ2n) is 10.4. The lowest BCUT2D eigenvalue weighted by Gasteiger charge is -2.20. The number of rotatable bonds is 9. The largest absolute Gasteiger partial charge is 0.456 e. The molecule has 3 aromatic rings. The van der Waals surface area contributed by atoms with Crippen LogP contribution in [0.2, 0.25) is 0 Å². The van der Waals surface area contributed by atoms with E-state index in [9.17, 15) is 14.4 Å². The van der Waals surface area contributed by atoms with Crippen LogP contribution < -0.4 is 5.32 Å². The van der Waals surface area contributed by atoms with Crippen molar-refractivity contribution < 1.29 is 19.1 Å². The van der Waals surface area contributed by atoms with Gasteiger partial charge in [-0.15, -0.1) is 0 Å². The Morgan fingerprint density at radius 1 is 0.658 bits per heavy atom. The number of hydrogen-bond acceptors (Lipinski definition) is 5. The van der Waals surface area contributed by atoms with Crippen molar-refractivity contribution in [1.29, 1.82) is 0 Å². The molecule has 0 fully saturated rings. The lowest BCUT2D eigenvalue weighted by molar-refractivity contribution is 0.00692. The fraction of sp³-hybridized carbons (Fsp3) is 0.323. The fourth-order valence-corrected chi connectivity index (χ4v) is 3.94. The molecular weight excluding hydrogens is 478 g/mol. The van der Waals surface area contributed by atoms with Gasteiger partial charge in [-0.05, 0) is 80.9 Å². The first kappa shape index (κ1) is 28.6. The third kappa shape index (κ3) is 8.02. The SMILES string of the molecule is CNCc1ccc(C(=O)N(C)Cc2ccc(C(=O)N(C)Cc3ccc(C(=O)OC(C)(C)C)cc3)cc2)cc1. The van der Waals surface area contributed by atoms with Gasteiger partial charge in [0.25, 0.3) is 11.8 Å². The van der Waals surface area contributed by atoms with Gasteiger partial charge in [-0.2, -0.15) is 0 Å². The minimum absolute atomic E-state index is 0.0569. The number of carbonyl (C=O) groups is 3. The van der Waals surface area contributed by atoms with Crippen LogP contribution >= 0.6 is 0 Å². The predicted molar refractivity (Wildman–Crippen MR) is 149 cm³/mol. The van der Waals surface area contributed by atoms with E-state index in [4.69, 9.17) is 4.74 Å². The van der Waals surface area contributed by atoms with Gasteiger partial charge in [0.2, 0.25) is 0 Å². The number of hydrogen-bond donors (Lipinski definition) is 1. The molecule has 3 aromatic carbocycles. The van der Waals surface area contributed by atoms with Gasteiger partial charge in [0, 0.05) is 44.9 Å². The summed E-state index contributed by atoms with van der Waals surface area (Å²) in [5.41, 5.74) is 4.09. The van der Waals surface area contributed by atoms with E-state index >= 15 is 0 Å². The van der Waals surface area contributed by atoms with E-state index in [0.717, 1.165) is 23.2 Å². The molecule has 0 aliphatic rings. The van der Waals surface area contributed by atoms with E-state index in [1.54, 1.807) is 48.2 Å². The van der Waals surface area contributed by atoms with Crippen molar-refractivity contribution in [3.63, 3.8) is 0 Å². The van der Waals surface area contributed by atoms with Gasteiger partial charge in [-0.25, -0.2) is 4.79 Å². The summed E-state index contributed by atoms with van der Waals surface area (Å²) in [7, 11) is 5.40. The van der Waals surface area contributed by atoms with E-state index in [1.807, 2.05) is 76.3 Å². The van der Waals surface area contributed by atoms with Gasteiger partial charge in [-0.3, -0.25) is 9.59 Å². The monoisotopic (exact) mass is 515 g/mol. The molecule has 0 aliphatic carbocycles. The topological polar surface area (TPSA) is 79.0 Å². The molecule has 0 heterocycles. The third-order valence-electron chi connectivity index (χ3n) is 5.90. The zero-order valence-corrected chi connectivity index (χ0v) is 23.1. The van der Waals surface area contributed by atoms with Gasteiger partial charge >= 0.3 is 5.97 Å². The van der Waals surface area contributed by atoms with Crippen LogP contribution in [-0.2, 0) is 24.4 Å². The summed E-state index contributed by atoms with van der Waals surface area (Å²) in [5.74, 6) is -0.541. The van der Waals surface area contributed by atoms with E-state index in [-0.39, 0.29) is 17.8 Å². The molecule has 7 nitrogen and oxygen atoms in total. The summed E-state index contributed by atoms with van der Waals surface area (Å²) in [4.78, 5) is 41.3. The first-order valence-electron chi connectivity index (χ1n) is 12.6. The van der Waals surface area contributed by atoms with Crippen LogP contribution in [0.15, 0.2) is 72.8 Å². The standard InChI is InChI=1S/C31H37N3O4/c1-31(2,3)38-30(37)27-17-11-24(12-18-27)21-34(6)29(36)26-15-9-23(10-16-26)20-33(5)28(35)25-13-7-22(8-14-25)19-32-4/h7-18,32H,19-21H2,1-6H3. The summed E-state index contributed by atoms with van der Waals surface area (Å²) in [5, 5.41) is 3.09. The van der Waals surface area contributed by atoms with Gasteiger partial charge in [-0.1, -0.05) is 36.4 Å². The molecule has 38 heavy (non-hydrogen) atoms. The molecule has 0 aromatic heterocycles. The molecule has 0 spiro atoms. The van der Waals surface area contributed by atoms with Crippen LogP contribution in [0.5, 0.6) is 0 Å². The molecule has 0 radical (unpaired) electrons. The van der Waals surface area contributed by atoms with Crippen molar-refractivity contribution >= 4 is 17.8 Å². The third-order valence-corrected chi connectivity index (χ3v) is 5.90. The van der Waals surface area contributed by atoms with E-state index < -0.39 is 5.60 Å². The van der Waals surface area contributed by atoms with Crippen molar-refractivity contribution in [3.05, 3.63) is 106 Å². The highest BCUT2D eigenvalue weighted by Crippen LogP contribution is 2.16. The van der Waals surface area contributed by atoms with Gasteiger partial charge < -0.3 is 19.9 Å². The van der Waals surface area contributed by atoms with E-state index in [2.05, 4.69) is 5.32 Å². The second kappa shape index (κ2) is 12.5. The van der Waals surface area contributed by atoms with Crippen molar-refractivity contribution in [3.8, 4) is 0 Å². The molecule has 0 aliphatic heterocycles. The minimum Gasteiger partial charge on any atom is -0.456 e. The highest BCUT2D eigenvalue weighted by atomic mass is 16.6. The molecule has 7 heteroatoms. The van der Waals surface area contributed by atoms with Crippen LogP contribution in [0.3, 0.4) is 0 Å². The van der Waals surface area contributed by atoms with Crippen molar-refractivity contribution in [2.45, 2.75) is 46.0 Å². The average Bonchev–Trinajstić information content (AvgIpc) is 2.88. The molecule has 0 saturated heterocycles. The van der Waals surface area contributed by atoms with Crippen LogP contribution in [0.4, 0.5) is 0 Å². The Morgan fingerprint density at radius 2 is 1.03 bits per heavy atom. The van der Waals surface area contributed by atoms with Crippen molar-refractivity contribution in [2.24, 2.45) is 0 Å². The normalized spacial score (nSPS) is 11.1. The van der Waals surface area contributed by atoms with Crippen LogP contribution in [-0.4, -0.2) is 54.3 Å². The molecule has 1 N–H and O–H groups in total. The molecule has 200 valence electrons. The van der Waals surface area contributed by atoms with Crippen molar-refractivity contribution in [1.82, 2.24) is 15.1 Å². The molecule has 3 rings (SSSR count). The summed E-state index contributed by atoms with van der Waals surface area (Å²) in [6.45, 7) is 7.08. The zero-order valence-electron chi connectivity index (χ0n) is 23.1. The van der Waals surface area contributed by atoms with Crippen LogP contribution in [0, 0.1) is 0 Å². The number of nitrogens with one attached hydrogen (secondary N) is 1. The zero-order chi connectivity index (χ0) is 27.9. The Balaban J connectivity index is 1.56. The number of carbonyl (C=O) groups excluding carboxylic acids is 3. The highest BCUT2D eigenvalue weighted by molar-refractivity contribution is 5.95. The maximum Gasteiger partial charge on any atom is 0.338 e. The number of nitrogens with zero attached hydrogens (tertiary/aromatic N) is 2. The Hall–Kier alpha value is -3.97. The maximum absolute atomic E-state index is 13.0. The minimum atomic E-state index is -0.554. The van der Waals surface area contributed by atoms with E-state index in [1.165, 1.54) is 0 Å². The average molecular weight is 516 g/mol. The number of esters is 1. The second-order valence-corrected chi connectivity index (χ2v) is 10.4. The maximum atomic E-state index is 13.0. The Bertz CT molecular complexity index is 1240.